The molecule has 0 atom stereocenters. The zero-order valence-corrected chi connectivity index (χ0v) is 10.0. The van der Waals surface area contributed by atoms with Crippen LogP contribution in [0.2, 0.25) is 0 Å². The molecule has 0 aliphatic heterocycles. The van der Waals surface area contributed by atoms with Gasteiger partial charge in [-0.1, -0.05) is 15.9 Å². The van der Waals surface area contributed by atoms with Crippen molar-refractivity contribution in [3.8, 4) is 0 Å². The first-order chi connectivity index (χ1) is 6.59. The van der Waals surface area contributed by atoms with Gasteiger partial charge in [0.2, 0.25) is 0 Å². The van der Waals surface area contributed by atoms with Gasteiger partial charge in [-0.2, -0.15) is 0 Å². The van der Waals surface area contributed by atoms with Gasteiger partial charge in [0.25, 0.3) is 0 Å². The Morgan fingerprint density at radius 1 is 1.29 bits per heavy atom. The molecule has 1 saturated carbocycles. The Balaban J connectivity index is 2.41. The SMILES string of the molecule is Cc1cc(C(=O)C2CC2)c(C)cc1Br. The van der Waals surface area contributed by atoms with Gasteiger partial charge in [-0.25, -0.2) is 0 Å². The summed E-state index contributed by atoms with van der Waals surface area (Å²) >= 11 is 3.47. The summed E-state index contributed by atoms with van der Waals surface area (Å²) in [6.45, 7) is 4.02. The van der Waals surface area contributed by atoms with Crippen LogP contribution in [0.3, 0.4) is 0 Å². The largest absolute Gasteiger partial charge is 0.294 e. The Labute approximate surface area is 92.6 Å². The minimum absolute atomic E-state index is 0.314. The molecule has 1 aromatic rings. The lowest BCUT2D eigenvalue weighted by molar-refractivity contribution is 0.0967. The van der Waals surface area contributed by atoms with Crippen molar-refractivity contribution < 1.29 is 4.79 Å². The topological polar surface area (TPSA) is 17.1 Å². The number of ketones is 1. The molecule has 0 bridgehead atoms. The Kier molecular flexibility index (Phi) is 2.48. The van der Waals surface area contributed by atoms with Gasteiger partial charge in [0, 0.05) is 16.0 Å². The molecule has 0 amide bonds. The zero-order valence-electron chi connectivity index (χ0n) is 8.43. The number of Topliss-reactive ketones (excluding diaryl/α,β-unsaturated/α-hetero) is 1. The first kappa shape index (κ1) is 9.91. The zero-order chi connectivity index (χ0) is 10.3. The summed E-state index contributed by atoms with van der Waals surface area (Å²) < 4.78 is 1.09. The summed E-state index contributed by atoms with van der Waals surface area (Å²) in [5.74, 6) is 0.646. The Morgan fingerprint density at radius 2 is 1.93 bits per heavy atom. The predicted molar refractivity (Wildman–Crippen MR) is 60.7 cm³/mol. The van der Waals surface area contributed by atoms with E-state index >= 15 is 0 Å². The molecule has 0 aromatic heterocycles. The van der Waals surface area contributed by atoms with Crippen molar-refractivity contribution in [2.75, 3.05) is 0 Å². The molecule has 0 saturated heterocycles. The van der Waals surface area contributed by atoms with Crippen LogP contribution in [-0.2, 0) is 0 Å². The molecule has 1 aromatic carbocycles. The fourth-order valence-corrected chi connectivity index (χ4v) is 2.07. The van der Waals surface area contributed by atoms with Crippen molar-refractivity contribution in [2.24, 2.45) is 5.92 Å². The van der Waals surface area contributed by atoms with Gasteiger partial charge in [-0.3, -0.25) is 4.79 Å². The number of carbonyl (C=O) groups is 1. The van der Waals surface area contributed by atoms with Crippen molar-refractivity contribution in [1.82, 2.24) is 0 Å². The summed E-state index contributed by atoms with van der Waals surface area (Å²) in [5.41, 5.74) is 3.13. The van der Waals surface area contributed by atoms with Crippen LogP contribution in [0.4, 0.5) is 0 Å². The van der Waals surface area contributed by atoms with E-state index in [0.29, 0.717) is 11.7 Å². The minimum Gasteiger partial charge on any atom is -0.294 e. The highest BCUT2D eigenvalue weighted by molar-refractivity contribution is 9.10. The predicted octanol–water partition coefficient (Wildman–Crippen LogP) is 3.66. The highest BCUT2D eigenvalue weighted by atomic mass is 79.9. The summed E-state index contributed by atoms with van der Waals surface area (Å²) in [4.78, 5) is 11.9. The van der Waals surface area contributed by atoms with E-state index in [1.54, 1.807) is 0 Å². The maximum atomic E-state index is 11.9. The van der Waals surface area contributed by atoms with Crippen LogP contribution >= 0.6 is 15.9 Å². The van der Waals surface area contributed by atoms with Gasteiger partial charge >= 0.3 is 0 Å². The number of hydrogen-bond donors (Lipinski definition) is 0. The summed E-state index contributed by atoms with van der Waals surface area (Å²) in [7, 11) is 0. The Bertz CT molecular complexity index is 392. The average Bonchev–Trinajstić information content (AvgIpc) is 2.93. The van der Waals surface area contributed by atoms with Crippen LogP contribution in [0.25, 0.3) is 0 Å². The Hall–Kier alpha value is -0.630. The van der Waals surface area contributed by atoms with Gasteiger partial charge in [0.15, 0.2) is 5.78 Å². The molecule has 0 radical (unpaired) electrons. The van der Waals surface area contributed by atoms with Crippen LogP contribution in [0.15, 0.2) is 16.6 Å². The smallest absolute Gasteiger partial charge is 0.166 e. The molecule has 1 aliphatic rings. The molecule has 14 heavy (non-hydrogen) atoms. The first-order valence-corrected chi connectivity index (χ1v) is 5.70. The molecule has 0 unspecified atom stereocenters. The number of rotatable bonds is 2. The van der Waals surface area contributed by atoms with E-state index in [0.717, 1.165) is 34.0 Å². The highest BCUT2D eigenvalue weighted by Crippen LogP contribution is 2.34. The van der Waals surface area contributed by atoms with Crippen LogP contribution in [0.1, 0.15) is 34.3 Å². The standard InChI is InChI=1S/C12H13BrO/c1-7-6-11(13)8(2)5-10(7)12(14)9-3-4-9/h5-6,9H,3-4H2,1-2H3. The average molecular weight is 253 g/mol. The second kappa shape index (κ2) is 3.50. The van der Waals surface area contributed by atoms with Gasteiger partial charge in [-0.15, -0.1) is 0 Å². The van der Waals surface area contributed by atoms with Crippen molar-refractivity contribution >= 4 is 21.7 Å². The normalized spacial score (nSPS) is 15.6. The van der Waals surface area contributed by atoms with Crippen molar-refractivity contribution in [3.05, 3.63) is 33.3 Å². The molecule has 2 heteroatoms. The molecule has 1 nitrogen and oxygen atoms in total. The van der Waals surface area contributed by atoms with E-state index in [1.165, 1.54) is 0 Å². The van der Waals surface area contributed by atoms with E-state index < -0.39 is 0 Å². The number of aryl methyl sites for hydroxylation is 2. The number of carbonyl (C=O) groups excluding carboxylic acids is 1. The maximum absolute atomic E-state index is 11.9. The van der Waals surface area contributed by atoms with Crippen LogP contribution in [0.5, 0.6) is 0 Å². The molecule has 74 valence electrons. The summed E-state index contributed by atoms with van der Waals surface area (Å²) in [5, 5.41) is 0. The van der Waals surface area contributed by atoms with Crippen LogP contribution in [-0.4, -0.2) is 5.78 Å². The first-order valence-electron chi connectivity index (χ1n) is 4.90. The third-order valence-corrected chi connectivity index (χ3v) is 3.57. The number of hydrogen-bond acceptors (Lipinski definition) is 1. The van der Waals surface area contributed by atoms with Crippen LogP contribution < -0.4 is 0 Å². The van der Waals surface area contributed by atoms with Crippen molar-refractivity contribution in [2.45, 2.75) is 26.7 Å². The quantitative estimate of drug-likeness (QED) is 0.735. The third kappa shape index (κ3) is 1.76. The van der Waals surface area contributed by atoms with Gasteiger partial charge in [-0.05, 0) is 49.9 Å². The Morgan fingerprint density at radius 3 is 2.50 bits per heavy atom. The summed E-state index contributed by atoms with van der Waals surface area (Å²) in [6.07, 6.45) is 2.15. The molecular weight excluding hydrogens is 240 g/mol. The lowest BCUT2D eigenvalue weighted by Gasteiger charge is -2.07. The molecule has 1 fully saturated rings. The molecule has 0 N–H and O–H groups in total. The number of benzene rings is 1. The molecular formula is C12H13BrO. The fraction of sp³-hybridized carbons (Fsp3) is 0.417. The van der Waals surface area contributed by atoms with E-state index in [-0.39, 0.29) is 0 Å². The molecule has 0 heterocycles. The van der Waals surface area contributed by atoms with Crippen molar-refractivity contribution in [3.63, 3.8) is 0 Å². The van der Waals surface area contributed by atoms with E-state index in [9.17, 15) is 4.79 Å². The lowest BCUT2D eigenvalue weighted by Crippen LogP contribution is -2.04. The summed E-state index contributed by atoms with van der Waals surface area (Å²) in [6, 6.07) is 4.03. The van der Waals surface area contributed by atoms with E-state index in [2.05, 4.69) is 15.9 Å². The second-order valence-electron chi connectivity index (χ2n) is 4.05. The minimum atomic E-state index is 0.314. The van der Waals surface area contributed by atoms with E-state index in [4.69, 9.17) is 0 Å². The lowest BCUT2D eigenvalue weighted by atomic mass is 9.99. The molecule has 2 rings (SSSR count). The second-order valence-corrected chi connectivity index (χ2v) is 4.91. The maximum Gasteiger partial charge on any atom is 0.166 e. The van der Waals surface area contributed by atoms with Gasteiger partial charge in [0.1, 0.15) is 0 Å². The van der Waals surface area contributed by atoms with Crippen molar-refractivity contribution in [1.29, 1.82) is 0 Å². The molecule has 0 spiro atoms. The third-order valence-electron chi connectivity index (χ3n) is 2.72. The number of halogens is 1. The fourth-order valence-electron chi connectivity index (χ4n) is 1.61. The van der Waals surface area contributed by atoms with E-state index in [1.807, 2.05) is 26.0 Å². The highest BCUT2D eigenvalue weighted by Gasteiger charge is 2.31. The monoisotopic (exact) mass is 252 g/mol. The molecule has 1 aliphatic carbocycles. The van der Waals surface area contributed by atoms with Crippen LogP contribution in [0, 0.1) is 19.8 Å². The van der Waals surface area contributed by atoms with Gasteiger partial charge < -0.3 is 0 Å². The van der Waals surface area contributed by atoms with Gasteiger partial charge in [0.05, 0.1) is 0 Å².